The second-order valence-electron chi connectivity index (χ2n) is 37.6. The average Bonchev–Trinajstić information content (AvgIpc) is 0.745. The molecule has 612 valence electrons. The van der Waals surface area contributed by atoms with E-state index in [1.54, 1.807) is 0 Å². The first-order chi connectivity index (χ1) is 50.1. The zero-order valence-electron chi connectivity index (χ0n) is 72.3. The van der Waals surface area contributed by atoms with Gasteiger partial charge in [-0.05, 0) is 203 Å². The van der Waals surface area contributed by atoms with Crippen molar-refractivity contribution in [3.63, 3.8) is 0 Å². The number of rotatable bonds is 34. The first kappa shape index (κ1) is 93.8. The third-order valence-electron chi connectivity index (χ3n) is 27.0. The lowest BCUT2D eigenvalue weighted by Gasteiger charge is -2.56. The van der Waals surface area contributed by atoms with Gasteiger partial charge in [0.05, 0.1) is 66.1 Å². The summed E-state index contributed by atoms with van der Waals surface area (Å²) in [7, 11) is 0. The number of nitrogens with one attached hydrogen (secondary N) is 2. The van der Waals surface area contributed by atoms with E-state index < -0.39 is 42.0 Å². The topological polar surface area (TPSA) is 196 Å². The molecule has 13 nitrogen and oxygen atoms in total. The van der Waals surface area contributed by atoms with Gasteiger partial charge in [0.15, 0.2) is 5.72 Å². The summed E-state index contributed by atoms with van der Waals surface area (Å²) in [5, 5.41) is 62.3. The quantitative estimate of drug-likeness (QED) is 0.0239. The molecule has 2 spiro atoms. The van der Waals surface area contributed by atoms with Gasteiger partial charge in [-0.1, -0.05) is 234 Å². The minimum absolute atomic E-state index is 0.00684. The summed E-state index contributed by atoms with van der Waals surface area (Å²) < 4.78 is 26.5. The fourth-order valence-corrected chi connectivity index (χ4v) is 18.7. The van der Waals surface area contributed by atoms with Gasteiger partial charge in [0.25, 0.3) is 0 Å². The van der Waals surface area contributed by atoms with Gasteiger partial charge in [-0.25, -0.2) is 0 Å². The zero-order valence-corrected chi connectivity index (χ0v) is 72.3. The van der Waals surface area contributed by atoms with Crippen LogP contribution in [-0.2, 0) is 28.5 Å². The second kappa shape index (κ2) is 42.9. The monoisotopic (exact) mass is 1490 g/mol. The van der Waals surface area contributed by atoms with Crippen molar-refractivity contribution in [2.45, 2.75) is 360 Å². The van der Waals surface area contributed by atoms with Crippen LogP contribution in [0.4, 0.5) is 0 Å². The van der Waals surface area contributed by atoms with Gasteiger partial charge in [0.2, 0.25) is 11.8 Å². The molecule has 5 fully saturated rings. The molecule has 0 bridgehead atoms. The van der Waals surface area contributed by atoms with E-state index in [0.29, 0.717) is 60.2 Å². The van der Waals surface area contributed by atoms with E-state index in [1.165, 1.54) is 11.1 Å². The Bertz CT molecular complexity index is 2980. The highest BCUT2D eigenvalue weighted by atomic mass is 16.5. The predicted molar refractivity (Wildman–Crippen MR) is 444 cm³/mol. The van der Waals surface area contributed by atoms with Gasteiger partial charge in [-0.2, -0.15) is 0 Å². The first-order valence-corrected chi connectivity index (χ1v) is 42.9. The molecule has 26 atom stereocenters. The van der Waals surface area contributed by atoms with Crippen molar-refractivity contribution in [3.8, 4) is 0 Å². The summed E-state index contributed by atoms with van der Waals surface area (Å²) in [6, 6.07) is 0. The van der Waals surface area contributed by atoms with Crippen LogP contribution in [0, 0.1) is 112 Å². The Morgan fingerprint density at radius 3 is 1.40 bits per heavy atom. The average molecular weight is 1490 g/mol. The largest absolute Gasteiger partial charge is 0.393 e. The summed E-state index contributed by atoms with van der Waals surface area (Å²) in [5.74, 6) is 4.22. The van der Waals surface area contributed by atoms with Crippen LogP contribution in [0.15, 0.2) is 108 Å². The molecular formula is C94H160N2O11. The molecule has 107 heavy (non-hydrogen) atoms. The fourth-order valence-electron chi connectivity index (χ4n) is 18.7. The maximum Gasteiger partial charge on any atom is 0.225 e. The smallest absolute Gasteiger partial charge is 0.225 e. The zero-order chi connectivity index (χ0) is 80.2. The maximum absolute atomic E-state index is 12.9. The third-order valence-corrected chi connectivity index (χ3v) is 27.0. The molecule has 0 aliphatic carbocycles. The molecule has 6 aliphatic heterocycles. The van der Waals surface area contributed by atoms with Crippen LogP contribution < -0.4 is 10.6 Å². The number of amides is 2. The van der Waals surface area contributed by atoms with Crippen molar-refractivity contribution in [1.29, 1.82) is 0 Å². The maximum atomic E-state index is 12.9. The number of hydrogen-bond donors (Lipinski definition) is 7. The Labute approximate surface area is 653 Å². The fraction of sp³-hybridized carbons (Fsp3) is 0.787. The second-order valence-corrected chi connectivity index (χ2v) is 37.6. The van der Waals surface area contributed by atoms with E-state index in [9.17, 15) is 35.1 Å². The van der Waals surface area contributed by atoms with Crippen molar-refractivity contribution in [2.75, 3.05) is 0 Å². The van der Waals surface area contributed by atoms with E-state index in [-0.39, 0.29) is 113 Å². The standard InChI is InChI=1S/C47H81NO6.C47H79NO5/c1-14-37-27-33(8)47(48-45(37)52)36(11)43(51)35(10)42(53-47)28-41(50)32(7)22-18-15-17-21-31(6)38(29(2)3)23-19-16-20-24-40(49)34(9)44-39(30(4)5)25-26-46(12,13)54-44;1-14-38-28-36(10)47(48-45(38)51)35(9)27-34(8)43(52-47)29-42(50)33(7)22-18-15-17-21-32(6)39(30(2)3)23-19-16-20-24-41(49)37(11)44-40(31(4)5)25-26-46(12,13)53-44/h15-17,19-21,24,29-30,32-44,49-51H,14,18,22-23,25-28H2,1-13H3,(H,48,52);15-17,19-21,24,27,30-31,33-34,36-44,49-50H,14,18,22-23,25-26,28-29H2,1-13H3,(H,48,51)/b17-15+,19-16+,24-20+,31-21+;17-15+,19-16+,24-20+,32-21+/t32-,33-,34-,35-,36-,37-,38+,39-,40-,41-,42-,43-,44+,47+;33-,34+,36-,37-,38-,39+,40-,41-,42-,43-,44+,47-/m00/s1. The Morgan fingerprint density at radius 2 is 0.981 bits per heavy atom. The number of aliphatic hydroxyl groups excluding tert-OH is 5. The van der Waals surface area contributed by atoms with Crippen LogP contribution in [0.2, 0.25) is 0 Å². The highest BCUT2D eigenvalue weighted by molar-refractivity contribution is 5.81. The molecule has 5 saturated heterocycles. The summed E-state index contributed by atoms with van der Waals surface area (Å²) in [6.07, 6.45) is 42.6. The Hall–Kier alpha value is -3.76. The molecule has 6 heterocycles. The van der Waals surface area contributed by atoms with Crippen LogP contribution in [0.3, 0.4) is 0 Å². The molecule has 6 rings (SSSR count). The lowest BCUT2D eigenvalue weighted by molar-refractivity contribution is -0.267. The summed E-state index contributed by atoms with van der Waals surface area (Å²) >= 11 is 0. The number of carbonyl (C=O) groups excluding carboxylic acids is 2. The van der Waals surface area contributed by atoms with Crippen LogP contribution in [0.25, 0.3) is 0 Å². The summed E-state index contributed by atoms with van der Waals surface area (Å²) in [5.41, 5.74) is 1.82. The van der Waals surface area contributed by atoms with Crippen LogP contribution >= 0.6 is 0 Å². The number of hydrogen-bond acceptors (Lipinski definition) is 11. The normalized spacial score (nSPS) is 34.1. The lowest BCUT2D eigenvalue weighted by Crippen LogP contribution is -2.71. The Morgan fingerprint density at radius 1 is 0.561 bits per heavy atom. The molecular weight excluding hydrogens is 1330 g/mol. The van der Waals surface area contributed by atoms with E-state index >= 15 is 0 Å². The molecule has 0 unspecified atom stereocenters. The summed E-state index contributed by atoms with van der Waals surface area (Å²) in [6.45, 7) is 56.3. The van der Waals surface area contributed by atoms with Gasteiger partial charge in [-0.3, -0.25) is 9.59 Å². The molecule has 2 amide bonds. The van der Waals surface area contributed by atoms with Gasteiger partial charge < -0.3 is 55.1 Å². The van der Waals surface area contributed by atoms with Crippen molar-refractivity contribution < 1.29 is 54.1 Å². The van der Waals surface area contributed by atoms with E-state index in [1.807, 2.05) is 45.1 Å². The molecule has 0 aromatic rings. The number of aliphatic hydroxyl groups is 5. The predicted octanol–water partition coefficient (Wildman–Crippen LogP) is 20.1. The molecule has 0 aromatic carbocycles. The van der Waals surface area contributed by atoms with Gasteiger partial charge in [-0.15, -0.1) is 0 Å². The number of allylic oxidation sites excluding steroid dienone is 14. The minimum Gasteiger partial charge on any atom is -0.393 e. The van der Waals surface area contributed by atoms with Crippen LogP contribution in [-0.4, -0.2) is 115 Å². The molecule has 13 heteroatoms. The SMILES string of the molecule is CC[C@H]1C[C@H](C)[C@@]2(NC1=O)O[C@@H](C[C@H](O)[C@@H](C)CC/C=C/C=C(\C)[C@H](C/C=C/C=C/[C@H](O)[C@H](C)[C@H]1OC(C)(C)CC[C@H]1C(C)C)C(C)C)[C@H](C)C=C2C.CC[C@H]1C[C@H](C)[C@@]2(NC1=O)O[C@@H](C[C@H](O)[C@@H](C)CC/C=C/C=C(\C)[C@H](C/C=C/C=C/[C@H](O)[C@H](C)[C@H]1OC(C)(C)CC[C@H]1C(C)C)C(C)C)[C@H](C)[C@H](O)[C@@H]2C. The Kier molecular flexibility index (Phi) is 37.6. The molecule has 6 aliphatic rings. The van der Waals surface area contributed by atoms with E-state index in [2.05, 4.69) is 237 Å². The van der Waals surface area contributed by atoms with E-state index in [4.69, 9.17) is 18.9 Å². The number of ether oxygens (including phenoxy) is 4. The van der Waals surface area contributed by atoms with Crippen LogP contribution in [0.1, 0.15) is 283 Å². The third kappa shape index (κ3) is 26.1. The number of carbonyl (C=O) groups is 2. The van der Waals surface area contributed by atoms with Gasteiger partial charge in [0, 0.05) is 66.1 Å². The molecule has 0 radical (unpaired) electrons. The molecule has 0 aromatic heterocycles. The molecule has 7 N–H and O–H groups in total. The minimum atomic E-state index is -0.907. The lowest BCUT2D eigenvalue weighted by atomic mass is 9.69. The van der Waals surface area contributed by atoms with Crippen molar-refractivity contribution in [3.05, 3.63) is 108 Å². The molecule has 0 saturated carbocycles. The number of piperidine rings is 2. The van der Waals surface area contributed by atoms with Gasteiger partial charge >= 0.3 is 0 Å². The van der Waals surface area contributed by atoms with E-state index in [0.717, 1.165) is 95.5 Å². The highest BCUT2D eigenvalue weighted by Crippen LogP contribution is 2.48. The van der Waals surface area contributed by atoms with Crippen LogP contribution in [0.5, 0.6) is 0 Å². The van der Waals surface area contributed by atoms with Gasteiger partial charge in [0.1, 0.15) is 5.72 Å². The summed E-state index contributed by atoms with van der Waals surface area (Å²) in [4.78, 5) is 25.8. The van der Waals surface area contributed by atoms with Crippen molar-refractivity contribution in [1.82, 2.24) is 10.6 Å². The first-order valence-electron chi connectivity index (χ1n) is 42.9. The van der Waals surface area contributed by atoms with Crippen molar-refractivity contribution >= 4 is 11.8 Å². The highest BCUT2D eigenvalue weighted by Gasteiger charge is 2.58. The van der Waals surface area contributed by atoms with Crippen molar-refractivity contribution in [2.24, 2.45) is 112 Å². The Balaban J connectivity index is 0.000000384.